The number of hydrogen-bond donors (Lipinski definition) is 1. The van der Waals surface area contributed by atoms with Crippen molar-refractivity contribution in [1.82, 2.24) is 14.8 Å². The highest BCUT2D eigenvalue weighted by molar-refractivity contribution is 7.12. The Labute approximate surface area is 113 Å². The smallest absolute Gasteiger partial charge is 0.265 e. The molecule has 0 aliphatic carbocycles. The maximum absolute atomic E-state index is 12.1. The normalized spacial score (nSPS) is 10.3. The predicted octanol–water partition coefficient (Wildman–Crippen LogP) is 2.58. The van der Waals surface area contributed by atoms with Gasteiger partial charge in [0, 0.05) is 0 Å². The Kier molecular flexibility index (Phi) is 3.07. The molecule has 0 fully saturated rings. The van der Waals surface area contributed by atoms with E-state index < -0.39 is 0 Å². The summed E-state index contributed by atoms with van der Waals surface area (Å²) < 4.78 is 1.62. The van der Waals surface area contributed by atoms with Gasteiger partial charge in [0.1, 0.15) is 12.7 Å². The van der Waals surface area contributed by atoms with Crippen LogP contribution in [0.3, 0.4) is 0 Å². The molecule has 0 aliphatic rings. The average molecular weight is 270 g/mol. The molecular formula is C13H10N4OS. The zero-order valence-electron chi connectivity index (χ0n) is 9.85. The van der Waals surface area contributed by atoms with Crippen LogP contribution in [-0.2, 0) is 0 Å². The van der Waals surface area contributed by atoms with Gasteiger partial charge in [-0.05, 0) is 23.6 Å². The van der Waals surface area contributed by atoms with E-state index in [1.165, 1.54) is 17.7 Å². The topological polar surface area (TPSA) is 59.8 Å². The summed E-state index contributed by atoms with van der Waals surface area (Å²) in [6, 6.07) is 11.1. The molecule has 94 valence electrons. The standard InChI is InChI=1S/C13H10N4OS/c18-13(12-6-3-7-19-12)16-10-4-1-2-5-11(10)17-9-14-8-15-17/h1-9H,(H,16,18). The molecule has 0 aliphatic heterocycles. The number of nitrogens with zero attached hydrogens (tertiary/aromatic N) is 3. The highest BCUT2D eigenvalue weighted by Gasteiger charge is 2.10. The largest absolute Gasteiger partial charge is 0.319 e. The number of rotatable bonds is 3. The maximum Gasteiger partial charge on any atom is 0.265 e. The summed E-state index contributed by atoms with van der Waals surface area (Å²) in [7, 11) is 0. The molecule has 1 aromatic carbocycles. The first-order valence-corrected chi connectivity index (χ1v) is 6.51. The Balaban J connectivity index is 1.92. The van der Waals surface area contributed by atoms with E-state index in [1.54, 1.807) is 17.1 Å². The minimum Gasteiger partial charge on any atom is -0.319 e. The van der Waals surface area contributed by atoms with Gasteiger partial charge in [-0.25, -0.2) is 9.67 Å². The fourth-order valence-corrected chi connectivity index (χ4v) is 2.32. The highest BCUT2D eigenvalue weighted by atomic mass is 32.1. The van der Waals surface area contributed by atoms with Gasteiger partial charge in [0.25, 0.3) is 5.91 Å². The molecule has 0 saturated heterocycles. The third-order valence-corrected chi connectivity index (χ3v) is 3.43. The van der Waals surface area contributed by atoms with Crippen LogP contribution in [0.5, 0.6) is 0 Å². The fraction of sp³-hybridized carbons (Fsp3) is 0. The number of amides is 1. The molecule has 2 aromatic heterocycles. The van der Waals surface area contributed by atoms with E-state index in [2.05, 4.69) is 15.4 Å². The summed E-state index contributed by atoms with van der Waals surface area (Å²) in [6.45, 7) is 0. The van der Waals surface area contributed by atoms with E-state index in [-0.39, 0.29) is 5.91 Å². The number of aromatic nitrogens is 3. The van der Waals surface area contributed by atoms with E-state index in [0.717, 1.165) is 5.69 Å². The Morgan fingerprint density at radius 1 is 1.21 bits per heavy atom. The third kappa shape index (κ3) is 2.38. The molecular weight excluding hydrogens is 260 g/mol. The Morgan fingerprint density at radius 2 is 2.11 bits per heavy atom. The highest BCUT2D eigenvalue weighted by Crippen LogP contribution is 2.20. The van der Waals surface area contributed by atoms with Crippen LogP contribution in [0.4, 0.5) is 5.69 Å². The first-order valence-electron chi connectivity index (χ1n) is 5.63. The van der Waals surface area contributed by atoms with Crippen molar-refractivity contribution in [2.24, 2.45) is 0 Å². The quantitative estimate of drug-likeness (QED) is 0.795. The van der Waals surface area contributed by atoms with E-state index in [4.69, 9.17) is 0 Å². The molecule has 3 rings (SSSR count). The molecule has 0 atom stereocenters. The SMILES string of the molecule is O=C(Nc1ccccc1-n1cncn1)c1cccs1. The zero-order chi connectivity index (χ0) is 13.1. The van der Waals surface area contributed by atoms with Crippen LogP contribution >= 0.6 is 11.3 Å². The van der Waals surface area contributed by atoms with E-state index in [9.17, 15) is 4.79 Å². The van der Waals surface area contributed by atoms with Crippen LogP contribution < -0.4 is 5.32 Å². The molecule has 0 bridgehead atoms. The van der Waals surface area contributed by atoms with Gasteiger partial charge in [-0.1, -0.05) is 18.2 Å². The van der Waals surface area contributed by atoms with Crippen molar-refractivity contribution in [3.05, 3.63) is 59.3 Å². The fourth-order valence-electron chi connectivity index (χ4n) is 1.70. The Bertz CT molecular complexity index is 677. The molecule has 3 aromatic rings. The van der Waals surface area contributed by atoms with Crippen molar-refractivity contribution in [2.45, 2.75) is 0 Å². The van der Waals surface area contributed by atoms with Gasteiger partial charge in [0.15, 0.2) is 0 Å². The summed E-state index contributed by atoms with van der Waals surface area (Å²) in [4.78, 5) is 16.6. The van der Waals surface area contributed by atoms with Crippen LogP contribution in [0, 0.1) is 0 Å². The van der Waals surface area contributed by atoms with Crippen LogP contribution in [0.2, 0.25) is 0 Å². The van der Waals surface area contributed by atoms with E-state index in [1.807, 2.05) is 35.7 Å². The number of nitrogens with one attached hydrogen (secondary N) is 1. The number of anilines is 1. The number of para-hydroxylation sites is 2. The lowest BCUT2D eigenvalue weighted by Crippen LogP contribution is -2.12. The summed E-state index contributed by atoms with van der Waals surface area (Å²) in [5, 5.41) is 8.83. The monoisotopic (exact) mass is 270 g/mol. The lowest BCUT2D eigenvalue weighted by molar-refractivity contribution is 0.103. The number of hydrogen-bond acceptors (Lipinski definition) is 4. The van der Waals surface area contributed by atoms with Gasteiger partial charge in [-0.2, -0.15) is 5.10 Å². The Hall–Kier alpha value is -2.47. The second kappa shape index (κ2) is 5.03. The van der Waals surface area contributed by atoms with Crippen LogP contribution in [0.1, 0.15) is 9.67 Å². The van der Waals surface area contributed by atoms with Gasteiger partial charge >= 0.3 is 0 Å². The van der Waals surface area contributed by atoms with Crippen LogP contribution in [-0.4, -0.2) is 20.7 Å². The number of carbonyl (C=O) groups excluding carboxylic acids is 1. The number of carbonyl (C=O) groups is 1. The molecule has 0 radical (unpaired) electrons. The zero-order valence-corrected chi connectivity index (χ0v) is 10.7. The second-order valence-corrected chi connectivity index (χ2v) is 4.74. The molecule has 19 heavy (non-hydrogen) atoms. The second-order valence-electron chi connectivity index (χ2n) is 3.79. The molecule has 0 saturated carbocycles. The van der Waals surface area contributed by atoms with Crippen molar-refractivity contribution in [3.63, 3.8) is 0 Å². The predicted molar refractivity (Wildman–Crippen MR) is 73.6 cm³/mol. The van der Waals surface area contributed by atoms with Gasteiger partial charge < -0.3 is 5.32 Å². The number of benzene rings is 1. The van der Waals surface area contributed by atoms with Crippen LogP contribution in [0.15, 0.2) is 54.4 Å². The third-order valence-electron chi connectivity index (χ3n) is 2.56. The summed E-state index contributed by atoms with van der Waals surface area (Å²) >= 11 is 1.41. The minimum absolute atomic E-state index is 0.123. The van der Waals surface area contributed by atoms with Gasteiger partial charge in [-0.3, -0.25) is 4.79 Å². The Morgan fingerprint density at radius 3 is 2.84 bits per heavy atom. The summed E-state index contributed by atoms with van der Waals surface area (Å²) in [5.41, 5.74) is 1.48. The van der Waals surface area contributed by atoms with Gasteiger partial charge in [-0.15, -0.1) is 11.3 Å². The first-order chi connectivity index (χ1) is 9.34. The molecule has 1 N–H and O–H groups in total. The van der Waals surface area contributed by atoms with Gasteiger partial charge in [0.2, 0.25) is 0 Å². The van der Waals surface area contributed by atoms with Gasteiger partial charge in [0.05, 0.1) is 16.3 Å². The summed E-state index contributed by atoms with van der Waals surface area (Å²) in [6.07, 6.45) is 3.05. The van der Waals surface area contributed by atoms with Crippen LogP contribution in [0.25, 0.3) is 5.69 Å². The van der Waals surface area contributed by atoms with E-state index in [0.29, 0.717) is 10.6 Å². The molecule has 5 nitrogen and oxygen atoms in total. The number of thiophene rings is 1. The lowest BCUT2D eigenvalue weighted by Gasteiger charge is -2.09. The molecule has 2 heterocycles. The molecule has 0 unspecified atom stereocenters. The van der Waals surface area contributed by atoms with Crippen molar-refractivity contribution in [1.29, 1.82) is 0 Å². The van der Waals surface area contributed by atoms with Crippen molar-refractivity contribution in [2.75, 3.05) is 5.32 Å². The minimum atomic E-state index is -0.123. The molecule has 0 spiro atoms. The summed E-state index contributed by atoms with van der Waals surface area (Å²) in [5.74, 6) is -0.123. The average Bonchev–Trinajstić information content (AvgIpc) is 3.13. The molecule has 6 heteroatoms. The van der Waals surface area contributed by atoms with E-state index >= 15 is 0 Å². The van der Waals surface area contributed by atoms with Crippen molar-refractivity contribution in [3.8, 4) is 5.69 Å². The molecule has 1 amide bonds. The lowest BCUT2D eigenvalue weighted by atomic mass is 10.2. The van der Waals surface area contributed by atoms with Crippen molar-refractivity contribution < 1.29 is 4.79 Å². The first kappa shape index (κ1) is 11.6. The maximum atomic E-state index is 12.1. The van der Waals surface area contributed by atoms with Crippen molar-refractivity contribution >= 4 is 22.9 Å².